The van der Waals surface area contributed by atoms with Gasteiger partial charge in [-0.2, -0.15) is 0 Å². The maximum absolute atomic E-state index is 13.4. The smallest absolute Gasteiger partial charge is 0.151 e. The number of hydrogen-bond donors (Lipinski definition) is 1. The first-order valence-corrected chi connectivity index (χ1v) is 6.30. The maximum atomic E-state index is 13.4. The summed E-state index contributed by atoms with van der Waals surface area (Å²) in [5.41, 5.74) is 0.547. The van der Waals surface area contributed by atoms with Crippen molar-refractivity contribution in [2.45, 2.75) is 6.61 Å². The van der Waals surface area contributed by atoms with Gasteiger partial charge in [0.25, 0.3) is 0 Å². The van der Waals surface area contributed by atoms with E-state index in [9.17, 15) is 9.50 Å². The molecule has 0 aliphatic heterocycles. The van der Waals surface area contributed by atoms with Crippen molar-refractivity contribution in [3.05, 3.63) is 57.3 Å². The number of benzene rings is 2. The van der Waals surface area contributed by atoms with Crippen LogP contribution < -0.4 is 4.74 Å². The van der Waals surface area contributed by atoms with E-state index in [0.29, 0.717) is 26.6 Å². The topological polar surface area (TPSA) is 29.5 Å². The number of para-hydroxylation sites is 1. The number of hydrogen-bond acceptors (Lipinski definition) is 2. The first kappa shape index (κ1) is 13.3. The lowest BCUT2D eigenvalue weighted by atomic mass is 10.2. The van der Waals surface area contributed by atoms with Crippen molar-refractivity contribution in [2.24, 2.45) is 0 Å². The Hall–Kier alpha value is -1.10. The van der Waals surface area contributed by atoms with Gasteiger partial charge in [0.1, 0.15) is 11.6 Å². The second kappa shape index (κ2) is 5.69. The molecule has 0 aromatic heterocycles. The minimum absolute atomic E-state index is 0.200. The zero-order valence-corrected chi connectivity index (χ0v) is 11.5. The lowest BCUT2D eigenvalue weighted by molar-refractivity contribution is 0.276. The third kappa shape index (κ3) is 2.83. The van der Waals surface area contributed by atoms with Gasteiger partial charge in [-0.25, -0.2) is 4.39 Å². The molecule has 2 nitrogen and oxygen atoms in total. The average Bonchev–Trinajstić information content (AvgIpc) is 2.36. The Morgan fingerprint density at radius 3 is 2.72 bits per heavy atom. The summed E-state index contributed by atoms with van der Waals surface area (Å²) in [6.07, 6.45) is 0. The van der Waals surface area contributed by atoms with E-state index in [-0.39, 0.29) is 6.61 Å². The highest BCUT2D eigenvalue weighted by Gasteiger charge is 2.10. The molecule has 18 heavy (non-hydrogen) atoms. The van der Waals surface area contributed by atoms with Crippen molar-refractivity contribution in [1.29, 1.82) is 0 Å². The molecule has 0 heterocycles. The fraction of sp³-hybridized carbons (Fsp3) is 0.0769. The van der Waals surface area contributed by atoms with Crippen LogP contribution in [-0.2, 0) is 6.61 Å². The normalized spacial score (nSPS) is 10.4. The molecular weight excluding hydrogens is 322 g/mol. The molecule has 0 unspecified atom stereocenters. The standard InChI is InChI=1S/C13H9BrClFO2/c14-10-5-4-9(6-12(10)16)18-13-8(7-17)2-1-3-11(13)15/h1-6,17H,7H2. The third-order valence-corrected chi connectivity index (χ3v) is 3.27. The summed E-state index contributed by atoms with van der Waals surface area (Å²) in [6.45, 7) is -0.200. The Bertz CT molecular complexity index is 575. The number of rotatable bonds is 3. The highest BCUT2D eigenvalue weighted by Crippen LogP contribution is 2.34. The predicted molar refractivity (Wildman–Crippen MR) is 71.5 cm³/mol. The Balaban J connectivity index is 2.36. The van der Waals surface area contributed by atoms with Crippen molar-refractivity contribution >= 4 is 27.5 Å². The molecule has 0 spiro atoms. The lowest BCUT2D eigenvalue weighted by Crippen LogP contribution is -1.93. The molecule has 94 valence electrons. The Labute approximate surface area is 117 Å². The van der Waals surface area contributed by atoms with E-state index in [4.69, 9.17) is 16.3 Å². The second-order valence-corrected chi connectivity index (χ2v) is 4.83. The molecule has 0 atom stereocenters. The highest BCUT2D eigenvalue weighted by atomic mass is 79.9. The molecule has 0 aliphatic carbocycles. The predicted octanol–water partition coefficient (Wildman–Crippen LogP) is 4.53. The van der Waals surface area contributed by atoms with Crippen molar-refractivity contribution in [3.8, 4) is 11.5 Å². The van der Waals surface area contributed by atoms with Crippen LogP contribution in [0.15, 0.2) is 40.9 Å². The van der Waals surface area contributed by atoms with Gasteiger partial charge < -0.3 is 9.84 Å². The summed E-state index contributed by atoms with van der Waals surface area (Å²) >= 11 is 9.05. The van der Waals surface area contributed by atoms with E-state index in [0.717, 1.165) is 0 Å². The first-order valence-electron chi connectivity index (χ1n) is 5.13. The van der Waals surface area contributed by atoms with Crippen molar-refractivity contribution in [3.63, 3.8) is 0 Å². The minimum atomic E-state index is -0.426. The SMILES string of the molecule is OCc1cccc(Cl)c1Oc1ccc(Br)c(F)c1. The van der Waals surface area contributed by atoms with Crippen LogP contribution in [0.1, 0.15) is 5.56 Å². The van der Waals surface area contributed by atoms with Crippen molar-refractivity contribution < 1.29 is 14.2 Å². The molecule has 2 aromatic carbocycles. The summed E-state index contributed by atoms with van der Waals surface area (Å²) in [5, 5.41) is 9.57. The highest BCUT2D eigenvalue weighted by molar-refractivity contribution is 9.10. The molecule has 0 saturated heterocycles. The summed E-state index contributed by atoms with van der Waals surface area (Å²) < 4.78 is 19.2. The monoisotopic (exact) mass is 330 g/mol. The fourth-order valence-corrected chi connectivity index (χ4v) is 1.93. The van der Waals surface area contributed by atoms with Crippen LogP contribution in [0.5, 0.6) is 11.5 Å². The molecule has 2 rings (SSSR count). The van der Waals surface area contributed by atoms with Gasteiger partial charge in [-0.3, -0.25) is 0 Å². The Kier molecular flexibility index (Phi) is 4.22. The molecule has 0 amide bonds. The van der Waals surface area contributed by atoms with Crippen LogP contribution in [0, 0.1) is 5.82 Å². The van der Waals surface area contributed by atoms with E-state index in [2.05, 4.69) is 15.9 Å². The molecule has 0 fully saturated rings. The van der Waals surface area contributed by atoms with Crippen LogP contribution in [0.3, 0.4) is 0 Å². The Morgan fingerprint density at radius 2 is 2.06 bits per heavy atom. The van der Waals surface area contributed by atoms with Crippen molar-refractivity contribution in [2.75, 3.05) is 0 Å². The zero-order chi connectivity index (χ0) is 13.1. The van der Waals surface area contributed by atoms with Gasteiger partial charge in [0.15, 0.2) is 5.75 Å². The van der Waals surface area contributed by atoms with Crippen LogP contribution in [-0.4, -0.2) is 5.11 Å². The van der Waals surface area contributed by atoms with Crippen LogP contribution in [0.2, 0.25) is 5.02 Å². The molecule has 0 radical (unpaired) electrons. The van der Waals surface area contributed by atoms with Gasteiger partial charge in [-0.15, -0.1) is 0 Å². The van der Waals surface area contributed by atoms with Crippen LogP contribution >= 0.6 is 27.5 Å². The first-order chi connectivity index (χ1) is 8.61. The van der Waals surface area contributed by atoms with E-state index < -0.39 is 5.82 Å². The van der Waals surface area contributed by atoms with Gasteiger partial charge in [-0.05, 0) is 34.1 Å². The van der Waals surface area contributed by atoms with Gasteiger partial charge in [0.2, 0.25) is 0 Å². The summed E-state index contributed by atoms with van der Waals surface area (Å²) in [5.74, 6) is 0.229. The molecule has 2 aromatic rings. The number of ether oxygens (including phenoxy) is 1. The second-order valence-electron chi connectivity index (χ2n) is 3.56. The molecule has 0 aliphatic rings. The molecule has 5 heteroatoms. The fourth-order valence-electron chi connectivity index (χ4n) is 1.45. The number of aliphatic hydroxyl groups is 1. The van der Waals surface area contributed by atoms with Gasteiger partial charge in [-0.1, -0.05) is 23.7 Å². The van der Waals surface area contributed by atoms with E-state index in [1.807, 2.05) is 0 Å². The van der Waals surface area contributed by atoms with E-state index in [1.165, 1.54) is 6.07 Å². The van der Waals surface area contributed by atoms with Gasteiger partial charge >= 0.3 is 0 Å². The maximum Gasteiger partial charge on any atom is 0.151 e. The van der Waals surface area contributed by atoms with Crippen molar-refractivity contribution in [1.82, 2.24) is 0 Å². The van der Waals surface area contributed by atoms with Gasteiger partial charge in [0.05, 0.1) is 16.1 Å². The van der Waals surface area contributed by atoms with E-state index in [1.54, 1.807) is 30.3 Å². The largest absolute Gasteiger partial charge is 0.455 e. The minimum Gasteiger partial charge on any atom is -0.455 e. The summed E-state index contributed by atoms with van der Waals surface area (Å²) in [6, 6.07) is 9.44. The number of halogens is 3. The van der Waals surface area contributed by atoms with E-state index >= 15 is 0 Å². The number of aliphatic hydroxyl groups excluding tert-OH is 1. The van der Waals surface area contributed by atoms with Crippen LogP contribution in [0.4, 0.5) is 4.39 Å². The zero-order valence-electron chi connectivity index (χ0n) is 9.16. The molecule has 0 bridgehead atoms. The average molecular weight is 332 g/mol. The third-order valence-electron chi connectivity index (χ3n) is 2.33. The Morgan fingerprint density at radius 1 is 1.28 bits per heavy atom. The van der Waals surface area contributed by atoms with Crippen LogP contribution in [0.25, 0.3) is 0 Å². The molecule has 1 N–H and O–H groups in total. The lowest BCUT2D eigenvalue weighted by Gasteiger charge is -2.11. The molecular formula is C13H9BrClFO2. The summed E-state index contributed by atoms with van der Waals surface area (Å²) in [4.78, 5) is 0. The quantitative estimate of drug-likeness (QED) is 0.895. The molecule has 0 saturated carbocycles. The van der Waals surface area contributed by atoms with Gasteiger partial charge in [0, 0.05) is 11.6 Å². The summed E-state index contributed by atoms with van der Waals surface area (Å²) in [7, 11) is 0.